The molecule has 0 saturated carbocycles. The van der Waals surface area contributed by atoms with Crippen LogP contribution in [-0.2, 0) is 0 Å². The highest BCUT2D eigenvalue weighted by Crippen LogP contribution is 2.27. The van der Waals surface area contributed by atoms with E-state index in [2.05, 4.69) is 25.7 Å². The molecule has 0 unspecified atom stereocenters. The van der Waals surface area contributed by atoms with Crippen LogP contribution in [0.2, 0.25) is 0 Å². The van der Waals surface area contributed by atoms with Gasteiger partial charge in [-0.2, -0.15) is 0 Å². The maximum Gasteiger partial charge on any atom is 0.213 e. The monoisotopic (exact) mass is 419 g/mol. The van der Waals surface area contributed by atoms with Crippen LogP contribution in [-0.4, -0.2) is 48.9 Å². The number of ether oxygens (including phenoxy) is 1. The lowest BCUT2D eigenvalue weighted by Gasteiger charge is -2.18. The van der Waals surface area contributed by atoms with Gasteiger partial charge in [-0.1, -0.05) is 6.07 Å². The lowest BCUT2D eigenvalue weighted by Crippen LogP contribution is -2.29. The molecule has 0 atom stereocenters. The topological polar surface area (TPSA) is 109 Å². The zero-order valence-electron chi connectivity index (χ0n) is 17.9. The fourth-order valence-corrected chi connectivity index (χ4v) is 3.08. The van der Waals surface area contributed by atoms with E-state index < -0.39 is 5.60 Å². The van der Waals surface area contributed by atoms with Crippen molar-refractivity contribution in [1.29, 1.82) is 0 Å². The zero-order chi connectivity index (χ0) is 22.0. The highest BCUT2D eigenvalue weighted by Gasteiger charge is 2.15. The van der Waals surface area contributed by atoms with Crippen molar-refractivity contribution in [2.75, 3.05) is 24.3 Å². The first-order valence-corrected chi connectivity index (χ1v) is 9.89. The van der Waals surface area contributed by atoms with E-state index in [9.17, 15) is 5.11 Å². The van der Waals surface area contributed by atoms with Gasteiger partial charge in [0.05, 0.1) is 12.7 Å². The molecule has 0 saturated heterocycles. The van der Waals surface area contributed by atoms with E-state index in [1.165, 1.54) is 0 Å². The quantitative estimate of drug-likeness (QED) is 0.418. The Kier molecular flexibility index (Phi) is 5.43. The summed E-state index contributed by atoms with van der Waals surface area (Å²) in [5, 5.41) is 21.1. The third-order valence-corrected chi connectivity index (χ3v) is 4.60. The van der Waals surface area contributed by atoms with E-state index in [1.807, 2.05) is 43.5 Å². The number of nitrogens with one attached hydrogen (secondary N) is 2. The van der Waals surface area contributed by atoms with Crippen LogP contribution in [0.25, 0.3) is 17.0 Å². The Morgan fingerprint density at radius 3 is 2.77 bits per heavy atom. The van der Waals surface area contributed by atoms with Crippen LogP contribution in [0.15, 0.2) is 48.8 Å². The Morgan fingerprint density at radius 1 is 1.16 bits per heavy atom. The summed E-state index contributed by atoms with van der Waals surface area (Å²) in [6.45, 7) is 5.87. The maximum absolute atomic E-state index is 9.94. The summed E-state index contributed by atoms with van der Waals surface area (Å²) in [7, 11) is 1.57. The number of aromatic nitrogens is 5. The molecular formula is C22H25N7O2. The van der Waals surface area contributed by atoms with E-state index in [-0.39, 0.29) is 0 Å². The standard InChI is InChI=1S/C22H25N7O2/c1-14-9-11-29-19(14)21(27-20(28-29)16-6-5-7-18(26-16)31-4)25-15-8-10-23-17(12-15)24-13-22(2,3)30/h5-12,30H,13H2,1-4H3,(H2,23,24,25,27,28). The first-order chi connectivity index (χ1) is 14.8. The minimum absolute atomic E-state index is 0.380. The lowest BCUT2D eigenvalue weighted by atomic mass is 10.1. The number of rotatable bonds is 7. The van der Waals surface area contributed by atoms with Gasteiger partial charge in [-0.3, -0.25) is 0 Å². The average molecular weight is 419 g/mol. The summed E-state index contributed by atoms with van der Waals surface area (Å²) < 4.78 is 7.02. The first-order valence-electron chi connectivity index (χ1n) is 9.89. The highest BCUT2D eigenvalue weighted by atomic mass is 16.5. The summed E-state index contributed by atoms with van der Waals surface area (Å²) in [6.07, 6.45) is 3.59. The van der Waals surface area contributed by atoms with Crippen molar-refractivity contribution in [3.05, 3.63) is 54.4 Å². The molecule has 0 aliphatic heterocycles. The molecule has 31 heavy (non-hydrogen) atoms. The van der Waals surface area contributed by atoms with Gasteiger partial charge in [0.1, 0.15) is 17.0 Å². The molecule has 160 valence electrons. The Morgan fingerprint density at radius 2 is 2.00 bits per heavy atom. The Balaban J connectivity index is 1.71. The second-order valence-electron chi connectivity index (χ2n) is 7.86. The van der Waals surface area contributed by atoms with Gasteiger partial charge in [-0.05, 0) is 44.5 Å². The number of fused-ring (bicyclic) bond motifs is 1. The average Bonchev–Trinajstić information content (AvgIpc) is 3.13. The van der Waals surface area contributed by atoms with E-state index >= 15 is 0 Å². The van der Waals surface area contributed by atoms with Crippen LogP contribution >= 0.6 is 0 Å². The molecule has 4 aromatic rings. The molecule has 0 fully saturated rings. The molecule has 0 amide bonds. The SMILES string of the molecule is COc1cccc(-c2nc(Nc3ccnc(NCC(C)(C)O)c3)c3c(C)ccn3n2)n1. The van der Waals surface area contributed by atoms with Crippen molar-refractivity contribution in [3.63, 3.8) is 0 Å². The van der Waals surface area contributed by atoms with Gasteiger partial charge in [-0.15, -0.1) is 5.10 Å². The van der Waals surface area contributed by atoms with Crippen LogP contribution in [0.5, 0.6) is 5.88 Å². The van der Waals surface area contributed by atoms with Crippen LogP contribution in [0, 0.1) is 6.92 Å². The van der Waals surface area contributed by atoms with Gasteiger partial charge in [0.15, 0.2) is 5.82 Å². The normalized spacial score (nSPS) is 11.5. The molecule has 0 aromatic carbocycles. The summed E-state index contributed by atoms with van der Waals surface area (Å²) in [4.78, 5) is 13.5. The Labute approximate surface area is 180 Å². The molecule has 9 nitrogen and oxygen atoms in total. The van der Waals surface area contributed by atoms with Gasteiger partial charge >= 0.3 is 0 Å². The molecular weight excluding hydrogens is 394 g/mol. The van der Waals surface area contributed by atoms with Gasteiger partial charge in [0.2, 0.25) is 11.7 Å². The number of aliphatic hydroxyl groups is 1. The van der Waals surface area contributed by atoms with Crippen molar-refractivity contribution in [3.8, 4) is 17.4 Å². The van der Waals surface area contributed by atoms with Gasteiger partial charge in [-0.25, -0.2) is 19.5 Å². The number of anilines is 3. The number of hydrogen-bond acceptors (Lipinski definition) is 8. The van der Waals surface area contributed by atoms with Crippen LogP contribution in [0.3, 0.4) is 0 Å². The molecule has 4 heterocycles. The lowest BCUT2D eigenvalue weighted by molar-refractivity contribution is 0.0944. The highest BCUT2D eigenvalue weighted by molar-refractivity contribution is 5.78. The maximum atomic E-state index is 9.94. The second-order valence-corrected chi connectivity index (χ2v) is 7.86. The fraction of sp³-hybridized carbons (Fsp3) is 0.273. The molecule has 0 aliphatic rings. The van der Waals surface area contributed by atoms with Crippen LogP contribution < -0.4 is 15.4 Å². The van der Waals surface area contributed by atoms with E-state index in [1.54, 1.807) is 37.7 Å². The minimum Gasteiger partial charge on any atom is -0.481 e. The number of pyridine rings is 2. The summed E-state index contributed by atoms with van der Waals surface area (Å²) in [5.41, 5.74) is 2.49. The van der Waals surface area contributed by atoms with E-state index in [0.29, 0.717) is 35.6 Å². The van der Waals surface area contributed by atoms with Gasteiger partial charge in [0.25, 0.3) is 0 Å². The molecule has 4 rings (SSSR count). The predicted molar refractivity (Wildman–Crippen MR) is 120 cm³/mol. The summed E-state index contributed by atoms with van der Waals surface area (Å²) in [5.74, 6) is 2.27. The molecule has 0 spiro atoms. The third-order valence-electron chi connectivity index (χ3n) is 4.60. The van der Waals surface area contributed by atoms with E-state index in [0.717, 1.165) is 16.8 Å². The van der Waals surface area contributed by atoms with Crippen LogP contribution in [0.4, 0.5) is 17.3 Å². The Bertz CT molecular complexity index is 1210. The first kappa shape index (κ1) is 20.5. The second kappa shape index (κ2) is 8.19. The van der Waals surface area contributed by atoms with Crippen molar-refractivity contribution < 1.29 is 9.84 Å². The van der Waals surface area contributed by atoms with Crippen molar-refractivity contribution in [1.82, 2.24) is 24.6 Å². The number of nitrogens with zero attached hydrogens (tertiary/aromatic N) is 5. The minimum atomic E-state index is -0.842. The van der Waals surface area contributed by atoms with Crippen molar-refractivity contribution >= 4 is 22.8 Å². The van der Waals surface area contributed by atoms with E-state index in [4.69, 9.17) is 9.72 Å². The number of hydrogen-bond donors (Lipinski definition) is 3. The fourth-order valence-electron chi connectivity index (χ4n) is 3.08. The number of aryl methyl sites for hydroxylation is 1. The molecule has 4 aromatic heterocycles. The molecule has 0 bridgehead atoms. The predicted octanol–water partition coefficient (Wildman–Crippen LogP) is 3.43. The Hall–Kier alpha value is -3.72. The largest absolute Gasteiger partial charge is 0.481 e. The molecule has 0 radical (unpaired) electrons. The van der Waals surface area contributed by atoms with Crippen molar-refractivity contribution in [2.24, 2.45) is 0 Å². The number of methoxy groups -OCH3 is 1. The summed E-state index contributed by atoms with van der Waals surface area (Å²) >= 11 is 0. The van der Waals surface area contributed by atoms with Crippen LogP contribution in [0.1, 0.15) is 19.4 Å². The van der Waals surface area contributed by atoms with Crippen molar-refractivity contribution in [2.45, 2.75) is 26.4 Å². The molecule has 3 N–H and O–H groups in total. The van der Waals surface area contributed by atoms with Gasteiger partial charge < -0.3 is 20.5 Å². The van der Waals surface area contributed by atoms with Gasteiger partial charge in [0, 0.05) is 36.8 Å². The molecule has 0 aliphatic carbocycles. The summed E-state index contributed by atoms with van der Waals surface area (Å²) in [6, 6.07) is 11.2. The smallest absolute Gasteiger partial charge is 0.213 e. The zero-order valence-corrected chi connectivity index (χ0v) is 17.9. The third kappa shape index (κ3) is 4.72. The molecule has 9 heteroatoms.